The average molecular weight is 492 g/mol. The van der Waals surface area contributed by atoms with Gasteiger partial charge in [-0.3, -0.25) is 14.6 Å². The van der Waals surface area contributed by atoms with Gasteiger partial charge in [0, 0.05) is 44.0 Å². The fourth-order valence-electron chi connectivity index (χ4n) is 5.87. The van der Waals surface area contributed by atoms with Crippen LogP contribution in [0.15, 0.2) is 53.5 Å². The maximum absolute atomic E-state index is 14.2. The molecular weight excluding hydrogens is 457 g/mol. The lowest BCUT2D eigenvalue weighted by atomic mass is 9.83. The van der Waals surface area contributed by atoms with Crippen LogP contribution in [-0.2, 0) is 11.3 Å². The van der Waals surface area contributed by atoms with Crippen molar-refractivity contribution >= 4 is 29.1 Å². The zero-order chi connectivity index (χ0) is 25.1. The highest BCUT2D eigenvalue weighted by atomic mass is 19.1. The molecule has 1 spiro atoms. The molecule has 0 atom stereocenters. The van der Waals surface area contributed by atoms with Gasteiger partial charge in [0.25, 0.3) is 0 Å². The summed E-state index contributed by atoms with van der Waals surface area (Å²) in [6, 6.07) is 14.2. The van der Waals surface area contributed by atoms with Gasteiger partial charge in [-0.2, -0.15) is 4.99 Å². The molecule has 0 bridgehead atoms. The van der Waals surface area contributed by atoms with Crippen LogP contribution in [0.5, 0.6) is 0 Å². The van der Waals surface area contributed by atoms with E-state index in [0.717, 1.165) is 49.6 Å². The molecule has 1 aliphatic carbocycles. The Morgan fingerprint density at radius 2 is 1.83 bits per heavy atom. The quantitative estimate of drug-likeness (QED) is 0.612. The maximum atomic E-state index is 14.2. The number of anilines is 2. The van der Waals surface area contributed by atoms with Crippen molar-refractivity contribution in [3.8, 4) is 0 Å². The minimum absolute atomic E-state index is 0.0901. The van der Waals surface area contributed by atoms with E-state index in [-0.39, 0.29) is 17.8 Å². The van der Waals surface area contributed by atoms with Crippen LogP contribution in [0.1, 0.15) is 57.4 Å². The molecular formula is C28H34FN5O2. The molecule has 3 amide bonds. The van der Waals surface area contributed by atoms with Gasteiger partial charge in [-0.15, -0.1) is 0 Å². The molecule has 7 nitrogen and oxygen atoms in total. The minimum atomic E-state index is -0.600. The molecule has 0 radical (unpaired) electrons. The summed E-state index contributed by atoms with van der Waals surface area (Å²) in [6.45, 7) is 3.80. The Morgan fingerprint density at radius 3 is 2.56 bits per heavy atom. The van der Waals surface area contributed by atoms with Crippen molar-refractivity contribution in [1.29, 1.82) is 0 Å². The summed E-state index contributed by atoms with van der Waals surface area (Å²) in [7, 11) is 0. The normalized spacial score (nSPS) is 20.4. The van der Waals surface area contributed by atoms with E-state index < -0.39 is 5.54 Å². The first-order chi connectivity index (χ1) is 17.4. The number of benzene rings is 2. The Kier molecular flexibility index (Phi) is 7.05. The first-order valence-electron chi connectivity index (χ1n) is 13.0. The van der Waals surface area contributed by atoms with Crippen LogP contribution in [0.2, 0.25) is 0 Å². The lowest BCUT2D eigenvalue weighted by Crippen LogP contribution is -2.62. The molecule has 1 saturated carbocycles. The van der Waals surface area contributed by atoms with Crippen LogP contribution in [0.3, 0.4) is 0 Å². The number of carbonyl (C=O) groups excluding carboxylic acids is 2. The van der Waals surface area contributed by atoms with Crippen molar-refractivity contribution in [3.63, 3.8) is 0 Å². The summed E-state index contributed by atoms with van der Waals surface area (Å²) in [5.41, 5.74) is 1.87. The Hall–Kier alpha value is -3.26. The third-order valence-corrected chi connectivity index (χ3v) is 7.62. The van der Waals surface area contributed by atoms with Crippen molar-refractivity contribution in [2.45, 2.75) is 70.0 Å². The third kappa shape index (κ3) is 5.14. The Bertz CT molecular complexity index is 1150. The number of hydrogen-bond donors (Lipinski definition) is 2. The number of rotatable bonds is 5. The van der Waals surface area contributed by atoms with E-state index in [9.17, 15) is 14.0 Å². The molecule has 0 aromatic heterocycles. The molecule has 0 unspecified atom stereocenters. The molecule has 2 N–H and O–H groups in total. The minimum Gasteiger partial charge on any atom is -0.369 e. The van der Waals surface area contributed by atoms with Gasteiger partial charge < -0.3 is 10.6 Å². The molecule has 2 fully saturated rings. The van der Waals surface area contributed by atoms with Crippen molar-refractivity contribution in [3.05, 3.63) is 59.9 Å². The summed E-state index contributed by atoms with van der Waals surface area (Å²) in [6.07, 6.45) is 7.20. The van der Waals surface area contributed by atoms with Crippen LogP contribution in [0.4, 0.5) is 20.6 Å². The number of carbonyl (C=O) groups is 2. The largest absolute Gasteiger partial charge is 0.369 e. The second kappa shape index (κ2) is 10.4. The van der Waals surface area contributed by atoms with E-state index in [1.807, 2.05) is 18.2 Å². The predicted octanol–water partition coefficient (Wildman–Crippen LogP) is 5.08. The monoisotopic (exact) mass is 491 g/mol. The number of amides is 3. The van der Waals surface area contributed by atoms with E-state index in [1.165, 1.54) is 38.3 Å². The number of aliphatic imine (C=N–C) groups is 1. The number of likely N-dealkylation sites (tertiary alicyclic amines) is 1. The van der Waals surface area contributed by atoms with E-state index >= 15 is 0 Å². The second-order valence-electron chi connectivity index (χ2n) is 10.2. The van der Waals surface area contributed by atoms with E-state index in [1.54, 1.807) is 17.0 Å². The summed E-state index contributed by atoms with van der Waals surface area (Å²) >= 11 is 0. The van der Waals surface area contributed by atoms with Crippen LogP contribution in [-0.4, -0.2) is 47.3 Å². The average Bonchev–Trinajstić information content (AvgIpc) is 3.11. The number of nitrogens with one attached hydrogen (secondary N) is 2. The summed E-state index contributed by atoms with van der Waals surface area (Å²) < 4.78 is 14.2. The highest BCUT2D eigenvalue weighted by Crippen LogP contribution is 2.39. The number of urea groups is 1. The van der Waals surface area contributed by atoms with Gasteiger partial charge in [0.1, 0.15) is 17.2 Å². The predicted molar refractivity (Wildman–Crippen MR) is 140 cm³/mol. The molecule has 3 aliphatic rings. The Labute approximate surface area is 211 Å². The molecule has 5 rings (SSSR count). The smallest absolute Gasteiger partial charge is 0.350 e. The third-order valence-electron chi connectivity index (χ3n) is 7.62. The van der Waals surface area contributed by atoms with E-state index in [2.05, 4.69) is 26.6 Å². The zero-order valence-electron chi connectivity index (χ0n) is 20.8. The van der Waals surface area contributed by atoms with Gasteiger partial charge in [0.2, 0.25) is 5.91 Å². The lowest BCUT2D eigenvalue weighted by Gasteiger charge is -2.45. The fourth-order valence-corrected chi connectivity index (χ4v) is 5.87. The SMILES string of the molecule is CC(=O)Nc1cccc(CN2CCC3(CC2)C(NC2CCCCC2)=NC(=O)N3c2cccc(F)c2)c1. The Morgan fingerprint density at radius 1 is 1.08 bits per heavy atom. The summed E-state index contributed by atoms with van der Waals surface area (Å²) in [5, 5.41) is 6.49. The van der Waals surface area contributed by atoms with E-state index in [4.69, 9.17) is 0 Å². The van der Waals surface area contributed by atoms with Crippen molar-refractivity contribution in [2.75, 3.05) is 23.3 Å². The fraction of sp³-hybridized carbons (Fsp3) is 0.464. The van der Waals surface area contributed by atoms with Crippen LogP contribution in [0.25, 0.3) is 0 Å². The van der Waals surface area contributed by atoms with Crippen LogP contribution in [0, 0.1) is 5.82 Å². The number of nitrogens with zero attached hydrogens (tertiary/aromatic N) is 3. The van der Waals surface area contributed by atoms with E-state index in [0.29, 0.717) is 24.6 Å². The standard InChI is InChI=1S/C28H34FN5O2/c1-20(35)30-24-11-5-7-21(17-24)19-33-15-13-28(14-16-33)26(31-23-9-3-2-4-10-23)32-27(36)34(28)25-12-6-8-22(29)18-25/h5-8,11-12,17-18,23H,2-4,9-10,13-16,19H2,1H3,(H,30,35)(H,31,32,36). The van der Waals surface area contributed by atoms with Gasteiger partial charge >= 0.3 is 6.03 Å². The Balaban J connectivity index is 1.36. The molecule has 2 heterocycles. The first kappa shape index (κ1) is 24.4. The first-order valence-corrected chi connectivity index (χ1v) is 13.0. The molecule has 2 aliphatic heterocycles. The lowest BCUT2D eigenvalue weighted by molar-refractivity contribution is -0.114. The molecule has 190 valence electrons. The van der Waals surface area contributed by atoms with Crippen molar-refractivity contribution < 1.29 is 14.0 Å². The molecule has 2 aromatic carbocycles. The summed E-state index contributed by atoms with van der Waals surface area (Å²) in [5.74, 6) is 0.296. The number of amidine groups is 1. The van der Waals surface area contributed by atoms with Crippen LogP contribution >= 0.6 is 0 Å². The zero-order valence-corrected chi connectivity index (χ0v) is 20.8. The topological polar surface area (TPSA) is 77.0 Å². The highest BCUT2D eigenvalue weighted by molar-refractivity contribution is 6.16. The maximum Gasteiger partial charge on any atom is 0.350 e. The van der Waals surface area contributed by atoms with Crippen LogP contribution < -0.4 is 15.5 Å². The van der Waals surface area contributed by atoms with Gasteiger partial charge in [-0.25, -0.2) is 9.18 Å². The van der Waals surface area contributed by atoms with Gasteiger partial charge in [0.05, 0.1) is 0 Å². The number of halogens is 1. The van der Waals surface area contributed by atoms with Gasteiger partial charge in [-0.1, -0.05) is 37.5 Å². The van der Waals surface area contributed by atoms with Crippen molar-refractivity contribution in [2.24, 2.45) is 4.99 Å². The molecule has 8 heteroatoms. The molecule has 2 aromatic rings. The summed E-state index contributed by atoms with van der Waals surface area (Å²) in [4.78, 5) is 33.3. The van der Waals surface area contributed by atoms with Crippen molar-refractivity contribution in [1.82, 2.24) is 10.2 Å². The molecule has 36 heavy (non-hydrogen) atoms. The van der Waals surface area contributed by atoms with Gasteiger partial charge in [0.15, 0.2) is 0 Å². The number of hydrogen-bond acceptors (Lipinski definition) is 4. The number of piperidine rings is 1. The molecule has 1 saturated heterocycles. The van der Waals surface area contributed by atoms with Gasteiger partial charge in [-0.05, 0) is 61.6 Å². The second-order valence-corrected chi connectivity index (χ2v) is 10.2. The highest BCUT2D eigenvalue weighted by Gasteiger charge is 2.52.